The number of hydrogen-bond donors (Lipinski definition) is 2. The van der Waals surface area contributed by atoms with Gasteiger partial charge in [-0.1, -0.05) is 69.6 Å². The van der Waals surface area contributed by atoms with Gasteiger partial charge in [0.25, 0.3) is 7.59 Å². The highest BCUT2D eigenvalue weighted by Gasteiger charge is 2.35. The molecule has 14 heteroatoms. The predicted octanol–water partition coefficient (Wildman–Crippen LogP) is 2.70. The molecule has 0 bridgehead atoms. The molecular weight excluding hydrogens is 433 g/mol. The predicted molar refractivity (Wildman–Crippen MR) is 79.0 cm³/mol. The number of alkyl halides is 6. The number of rotatable bonds is 2. The monoisotopic (exact) mass is 434 g/mol. The van der Waals surface area contributed by atoms with Crippen LogP contribution in [0, 0.1) is 0 Å². The Morgan fingerprint density at radius 1 is 0.682 bits per heavy atom. The second-order valence-corrected chi connectivity index (χ2v) is 7.53. The van der Waals surface area contributed by atoms with Gasteiger partial charge >= 0.3 is 24.1 Å². The zero-order valence-electron chi connectivity index (χ0n) is 9.87. The fourth-order valence-electron chi connectivity index (χ4n) is 0.562. The molecule has 124 valence electrons. The zero-order chi connectivity index (χ0) is 17.6. The van der Waals surface area contributed by atoms with Crippen LogP contribution in [0.2, 0.25) is 0 Å². The molecule has 22 heavy (non-hydrogen) atoms. The summed E-state index contributed by atoms with van der Waals surface area (Å²) in [6, 6.07) is 0. The molecule has 2 amide bonds. The van der Waals surface area contributed by atoms with Crippen LogP contribution in [0.1, 0.15) is 0 Å². The van der Waals surface area contributed by atoms with E-state index >= 15 is 0 Å². The van der Waals surface area contributed by atoms with Gasteiger partial charge in [0.15, 0.2) is 0 Å². The van der Waals surface area contributed by atoms with E-state index in [4.69, 9.17) is 69.6 Å². The molecule has 0 aliphatic carbocycles. The Kier molecular flexibility index (Phi) is 8.60. The van der Waals surface area contributed by atoms with Crippen molar-refractivity contribution in [2.45, 2.75) is 7.59 Å². The highest BCUT2D eigenvalue weighted by Crippen LogP contribution is 2.27. The summed E-state index contributed by atoms with van der Waals surface area (Å²) in [6.45, 7) is 0. The lowest BCUT2D eigenvalue weighted by molar-refractivity contribution is -0.137. The maximum atomic E-state index is 11.0. The van der Waals surface area contributed by atoms with Crippen LogP contribution in [0.4, 0.5) is 9.59 Å². The van der Waals surface area contributed by atoms with E-state index in [0.717, 1.165) is 12.4 Å². The summed E-state index contributed by atoms with van der Waals surface area (Å²) in [4.78, 5) is 44.0. The maximum absolute atomic E-state index is 11.0. The number of halogens is 6. The van der Waals surface area contributed by atoms with Crippen LogP contribution in [0.5, 0.6) is 0 Å². The molecule has 0 saturated carbocycles. The van der Waals surface area contributed by atoms with E-state index < -0.39 is 31.7 Å². The van der Waals surface area contributed by atoms with Gasteiger partial charge in [0.05, 0.1) is 0 Å². The van der Waals surface area contributed by atoms with Crippen molar-refractivity contribution in [3.8, 4) is 0 Å². The van der Waals surface area contributed by atoms with E-state index in [1.54, 1.807) is 0 Å². The molecule has 0 rings (SSSR count). The third-order valence-electron chi connectivity index (χ3n) is 1.32. The van der Waals surface area contributed by atoms with E-state index in [1.165, 1.54) is 0 Å². The van der Waals surface area contributed by atoms with E-state index in [0.29, 0.717) is 0 Å². The molecule has 0 spiro atoms. The number of alkyl carbamates (subject to hydrolysis) is 2. The second-order valence-electron chi connectivity index (χ2n) is 2.97. The Balaban J connectivity index is 4.15. The first-order valence-corrected chi connectivity index (χ1v) is 6.95. The number of esters is 2. The average molecular weight is 437 g/mol. The van der Waals surface area contributed by atoms with E-state index in [2.05, 4.69) is 9.47 Å². The minimum atomic E-state index is -2.43. The van der Waals surface area contributed by atoms with Crippen LogP contribution >= 0.6 is 69.6 Å². The van der Waals surface area contributed by atoms with Gasteiger partial charge in [0.1, 0.15) is 0 Å². The van der Waals surface area contributed by atoms with Crippen LogP contribution in [-0.2, 0) is 19.1 Å². The molecule has 0 unspecified atom stereocenters. The molecule has 8 nitrogen and oxygen atoms in total. The topological polar surface area (TPSA) is 111 Å². The first-order valence-electron chi connectivity index (χ1n) is 4.68. The highest BCUT2D eigenvalue weighted by molar-refractivity contribution is 6.76. The summed E-state index contributed by atoms with van der Waals surface area (Å²) < 4.78 is 3.23. The van der Waals surface area contributed by atoms with Crippen molar-refractivity contribution in [3.05, 3.63) is 12.4 Å². The molecule has 0 fully saturated rings. The van der Waals surface area contributed by atoms with Gasteiger partial charge in [-0.15, -0.1) is 0 Å². The summed E-state index contributed by atoms with van der Waals surface area (Å²) in [5.41, 5.74) is 0. The molecule has 0 atom stereocenters. The van der Waals surface area contributed by atoms with Crippen molar-refractivity contribution < 1.29 is 28.7 Å². The van der Waals surface area contributed by atoms with Crippen molar-refractivity contribution in [2.75, 3.05) is 0 Å². The minimum absolute atomic E-state index is 0.801. The summed E-state index contributed by atoms with van der Waals surface area (Å²) in [5.74, 6) is -2.88. The molecule has 0 aliphatic rings. The van der Waals surface area contributed by atoms with Crippen LogP contribution in [0.25, 0.3) is 0 Å². The van der Waals surface area contributed by atoms with E-state index in [-0.39, 0.29) is 0 Å². The first-order chi connectivity index (χ1) is 9.84. The largest absolute Gasteiger partial charge is 0.419 e. The van der Waals surface area contributed by atoms with Crippen LogP contribution in [0.3, 0.4) is 0 Å². The van der Waals surface area contributed by atoms with Crippen molar-refractivity contribution in [1.29, 1.82) is 0 Å². The Morgan fingerprint density at radius 2 is 0.955 bits per heavy atom. The molecule has 0 heterocycles. The maximum Gasteiger partial charge on any atom is 0.419 e. The number of carbonyl (C=O) groups excluding carboxylic acids is 4. The highest BCUT2D eigenvalue weighted by atomic mass is 35.6. The number of nitrogens with one attached hydrogen (secondary N) is 2. The molecule has 0 saturated heterocycles. The van der Waals surface area contributed by atoms with Crippen LogP contribution in [-0.4, -0.2) is 31.7 Å². The lowest BCUT2D eigenvalue weighted by atomic mass is 10.7. The summed E-state index contributed by atoms with van der Waals surface area (Å²) in [6.07, 6.45) is -1.01. The Hall–Kier alpha value is -0.640. The molecule has 2 N–H and O–H groups in total. The fraction of sp³-hybridized carbons (Fsp3) is 0.250. The lowest BCUT2D eigenvalue weighted by Gasteiger charge is -2.09. The second kappa shape index (κ2) is 8.85. The third kappa shape index (κ3) is 9.39. The zero-order valence-corrected chi connectivity index (χ0v) is 14.4. The smallest absolute Gasteiger partial charge is 0.373 e. The SMILES string of the molecule is O=C(NC=CNC(=O)OC(=O)C(Cl)(Cl)Cl)OC(=O)C(Cl)(Cl)Cl. The molecule has 0 aromatic heterocycles. The number of amides is 2. The molecule has 0 aliphatic heterocycles. The van der Waals surface area contributed by atoms with E-state index in [9.17, 15) is 19.2 Å². The summed E-state index contributed by atoms with van der Waals surface area (Å²) >= 11 is 30.8. The van der Waals surface area contributed by atoms with Crippen LogP contribution < -0.4 is 10.6 Å². The minimum Gasteiger partial charge on any atom is -0.373 e. The lowest BCUT2D eigenvalue weighted by Crippen LogP contribution is -2.31. The van der Waals surface area contributed by atoms with Gasteiger partial charge in [-0.05, 0) is 0 Å². The van der Waals surface area contributed by atoms with Gasteiger partial charge in [-0.25, -0.2) is 19.2 Å². The van der Waals surface area contributed by atoms with Gasteiger partial charge in [-0.2, -0.15) is 0 Å². The number of ether oxygens (including phenoxy) is 2. The Bertz CT molecular complexity index is 452. The fourth-order valence-corrected chi connectivity index (χ4v) is 0.794. The quantitative estimate of drug-likeness (QED) is 0.391. The standard InChI is InChI=1S/C8H4Cl6N2O6/c9-7(10,11)3(17)21-5(19)15-1-2-16-6(20)22-4(18)8(12,13)14/h1-2H,(H,15,19)(H,16,20). The van der Waals surface area contributed by atoms with Crippen molar-refractivity contribution in [3.63, 3.8) is 0 Å². The average Bonchev–Trinajstić information content (AvgIpc) is 2.32. The van der Waals surface area contributed by atoms with Gasteiger partial charge in [0, 0.05) is 12.4 Å². The number of carbonyl (C=O) groups is 4. The van der Waals surface area contributed by atoms with Crippen LogP contribution in [0.15, 0.2) is 12.4 Å². The Morgan fingerprint density at radius 3 is 1.18 bits per heavy atom. The molecular formula is C8H4Cl6N2O6. The third-order valence-corrected chi connectivity index (χ3v) is 2.25. The summed E-state index contributed by atoms with van der Waals surface area (Å²) in [5, 5.41) is 3.71. The molecule has 0 aromatic carbocycles. The Labute approximate surface area is 152 Å². The van der Waals surface area contributed by atoms with Gasteiger partial charge < -0.3 is 9.47 Å². The van der Waals surface area contributed by atoms with Gasteiger partial charge in [0.2, 0.25) is 0 Å². The number of hydrogen-bond acceptors (Lipinski definition) is 6. The van der Waals surface area contributed by atoms with Gasteiger partial charge in [-0.3, -0.25) is 10.6 Å². The summed E-state index contributed by atoms with van der Waals surface area (Å²) in [7, 11) is 0. The molecule has 0 aromatic rings. The normalized spacial score (nSPS) is 11.7. The van der Waals surface area contributed by atoms with Crippen molar-refractivity contribution >= 4 is 93.7 Å². The van der Waals surface area contributed by atoms with Crippen molar-refractivity contribution in [1.82, 2.24) is 10.6 Å². The van der Waals surface area contributed by atoms with Crippen molar-refractivity contribution in [2.24, 2.45) is 0 Å². The molecule has 0 radical (unpaired) electrons. The van der Waals surface area contributed by atoms with E-state index in [1.807, 2.05) is 10.6 Å². The first kappa shape index (κ1) is 21.4.